The normalized spacial score (nSPS) is 18.0. The number of amides is 1. The highest BCUT2D eigenvalue weighted by molar-refractivity contribution is 5.84. The first-order valence-electron chi connectivity index (χ1n) is 12.3. The van der Waals surface area contributed by atoms with Gasteiger partial charge in [0.05, 0.1) is 34.9 Å². The van der Waals surface area contributed by atoms with Crippen LogP contribution in [0.4, 0.5) is 11.5 Å². The molecule has 0 saturated carbocycles. The van der Waals surface area contributed by atoms with Crippen molar-refractivity contribution in [3.8, 4) is 0 Å². The van der Waals surface area contributed by atoms with Gasteiger partial charge in [0, 0.05) is 32.4 Å². The third kappa shape index (κ3) is 4.78. The van der Waals surface area contributed by atoms with Crippen LogP contribution < -0.4 is 4.90 Å². The van der Waals surface area contributed by atoms with Crippen LogP contribution in [0.2, 0.25) is 0 Å². The van der Waals surface area contributed by atoms with Gasteiger partial charge in [-0.15, -0.1) is 0 Å². The Morgan fingerprint density at radius 1 is 1.09 bits per heavy atom. The molecule has 0 bridgehead atoms. The molecule has 35 heavy (non-hydrogen) atoms. The quantitative estimate of drug-likeness (QED) is 0.402. The van der Waals surface area contributed by atoms with E-state index in [1.54, 1.807) is 0 Å². The number of carbonyl (C=O) groups excluding carboxylic acids is 1. The lowest BCUT2D eigenvalue weighted by atomic mass is 9.71. The Kier molecular flexibility index (Phi) is 6.53. The fourth-order valence-corrected chi connectivity index (χ4v) is 5.29. The molecule has 2 aliphatic rings. The van der Waals surface area contributed by atoms with E-state index in [0.717, 1.165) is 79.0 Å². The maximum absolute atomic E-state index is 13.7. The highest BCUT2D eigenvalue weighted by atomic mass is 16.2. The zero-order chi connectivity index (χ0) is 24.3. The molecule has 2 aliphatic heterocycles. The Bertz CT molecular complexity index is 1260. The van der Waals surface area contributed by atoms with Crippen molar-refractivity contribution < 1.29 is 4.79 Å². The van der Waals surface area contributed by atoms with Gasteiger partial charge < -0.3 is 15.2 Å². The summed E-state index contributed by atoms with van der Waals surface area (Å²) in [6, 6.07) is 13.9. The first-order chi connectivity index (χ1) is 17.1. The number of likely N-dealkylation sites (tertiary alicyclic amines) is 1. The fraction of sp³-hybridized carbons (Fsp3) is 0.407. The summed E-state index contributed by atoms with van der Waals surface area (Å²) in [7, 11) is 0. The van der Waals surface area contributed by atoms with E-state index in [4.69, 9.17) is 10.4 Å². The van der Waals surface area contributed by atoms with E-state index < -0.39 is 0 Å². The average Bonchev–Trinajstić information content (AvgIpc) is 2.89. The summed E-state index contributed by atoms with van der Waals surface area (Å²) in [5, 5.41) is 15.3. The SMILES string of the molecule is Cc1ccc(N=NCC=N)cc1CN1CCCC2(CCN(c3cnc4ccccc4n3)CC2)C1=O. The molecule has 2 saturated heterocycles. The molecule has 0 radical (unpaired) electrons. The summed E-state index contributed by atoms with van der Waals surface area (Å²) >= 11 is 0. The van der Waals surface area contributed by atoms with Crippen molar-refractivity contribution >= 4 is 34.7 Å². The first-order valence-corrected chi connectivity index (χ1v) is 12.3. The van der Waals surface area contributed by atoms with E-state index >= 15 is 0 Å². The molecule has 5 rings (SSSR count). The van der Waals surface area contributed by atoms with Crippen LogP contribution in [0.25, 0.3) is 11.0 Å². The van der Waals surface area contributed by atoms with Crippen LogP contribution in [0.5, 0.6) is 0 Å². The van der Waals surface area contributed by atoms with E-state index in [0.29, 0.717) is 6.54 Å². The maximum atomic E-state index is 13.7. The lowest BCUT2D eigenvalue weighted by molar-refractivity contribution is -0.148. The molecule has 1 spiro atoms. The minimum absolute atomic E-state index is 0.276. The smallest absolute Gasteiger partial charge is 0.229 e. The third-order valence-electron chi connectivity index (χ3n) is 7.36. The molecule has 3 heterocycles. The summed E-state index contributed by atoms with van der Waals surface area (Å²) in [5.41, 5.74) is 4.53. The van der Waals surface area contributed by atoms with Crippen molar-refractivity contribution in [2.45, 2.75) is 39.2 Å². The summed E-state index contributed by atoms with van der Waals surface area (Å²) in [6.45, 7) is 5.36. The largest absolute Gasteiger partial charge is 0.355 e. The van der Waals surface area contributed by atoms with Crippen molar-refractivity contribution in [2.75, 3.05) is 31.1 Å². The molecule has 0 atom stereocenters. The number of rotatable bonds is 6. The molecule has 0 unspecified atom stereocenters. The molecule has 8 heteroatoms. The average molecular weight is 470 g/mol. The highest BCUT2D eigenvalue weighted by Crippen LogP contribution is 2.42. The van der Waals surface area contributed by atoms with Gasteiger partial charge in [-0.05, 0) is 68.0 Å². The fourth-order valence-electron chi connectivity index (χ4n) is 5.29. The summed E-state index contributed by atoms with van der Waals surface area (Å²) in [4.78, 5) is 27.4. The van der Waals surface area contributed by atoms with Crippen molar-refractivity contribution in [2.24, 2.45) is 15.6 Å². The van der Waals surface area contributed by atoms with E-state index in [9.17, 15) is 4.79 Å². The number of benzene rings is 2. The van der Waals surface area contributed by atoms with E-state index in [1.807, 2.05) is 53.6 Å². The van der Waals surface area contributed by atoms with Gasteiger partial charge in [0.1, 0.15) is 5.82 Å². The number of nitrogens with zero attached hydrogens (tertiary/aromatic N) is 6. The van der Waals surface area contributed by atoms with Crippen LogP contribution in [0, 0.1) is 17.7 Å². The number of carbonyl (C=O) groups is 1. The van der Waals surface area contributed by atoms with Crippen LogP contribution in [0.15, 0.2) is 58.9 Å². The second-order valence-corrected chi connectivity index (χ2v) is 9.55. The molecule has 0 aliphatic carbocycles. The molecule has 180 valence electrons. The van der Waals surface area contributed by atoms with Gasteiger partial charge in [-0.1, -0.05) is 18.2 Å². The minimum atomic E-state index is -0.284. The Labute approximate surface area is 205 Å². The second kappa shape index (κ2) is 9.90. The molecule has 2 fully saturated rings. The second-order valence-electron chi connectivity index (χ2n) is 9.55. The highest BCUT2D eigenvalue weighted by Gasteiger charge is 2.45. The standard InChI is InChI=1S/C27H31N7O/c1-20-7-8-22(32-30-13-12-28)17-21(20)19-34-14-4-9-27(26(34)35)10-15-33(16-11-27)25-18-29-23-5-2-3-6-24(23)31-25/h2-3,5-8,12,17-18,28H,4,9-11,13-16,19H2,1H3. The molecule has 3 aromatic rings. The summed E-state index contributed by atoms with van der Waals surface area (Å²) in [5.74, 6) is 1.17. The number of hydrogen-bond donors (Lipinski definition) is 1. The Hall–Kier alpha value is -3.68. The van der Waals surface area contributed by atoms with Crippen molar-refractivity contribution in [1.29, 1.82) is 5.41 Å². The van der Waals surface area contributed by atoms with Crippen LogP contribution in [0.3, 0.4) is 0 Å². The molecule has 8 nitrogen and oxygen atoms in total. The number of aromatic nitrogens is 2. The Morgan fingerprint density at radius 3 is 2.69 bits per heavy atom. The van der Waals surface area contributed by atoms with Gasteiger partial charge in [0.15, 0.2) is 0 Å². The lowest BCUT2D eigenvalue weighted by Gasteiger charge is -2.46. The number of fused-ring (bicyclic) bond motifs is 1. The van der Waals surface area contributed by atoms with Crippen molar-refractivity contribution in [1.82, 2.24) is 14.9 Å². The van der Waals surface area contributed by atoms with Crippen molar-refractivity contribution in [3.63, 3.8) is 0 Å². The molecule has 1 amide bonds. The number of para-hydroxylation sites is 2. The Balaban J connectivity index is 1.28. The Morgan fingerprint density at radius 2 is 1.89 bits per heavy atom. The number of azo groups is 1. The zero-order valence-corrected chi connectivity index (χ0v) is 20.2. The number of piperidine rings is 2. The van der Waals surface area contributed by atoms with Gasteiger partial charge in [0.25, 0.3) is 0 Å². The molecule has 1 N–H and O–H groups in total. The van der Waals surface area contributed by atoms with Crippen molar-refractivity contribution in [3.05, 3.63) is 59.8 Å². The van der Waals surface area contributed by atoms with E-state index in [-0.39, 0.29) is 17.9 Å². The van der Waals surface area contributed by atoms with Gasteiger partial charge in [-0.2, -0.15) is 10.2 Å². The predicted molar refractivity (Wildman–Crippen MR) is 137 cm³/mol. The maximum Gasteiger partial charge on any atom is 0.229 e. The van der Waals surface area contributed by atoms with Crippen LogP contribution in [-0.2, 0) is 11.3 Å². The topological polar surface area (TPSA) is 97.9 Å². The van der Waals surface area contributed by atoms with Crippen LogP contribution >= 0.6 is 0 Å². The number of hydrogen-bond acceptors (Lipinski definition) is 7. The number of anilines is 1. The lowest BCUT2D eigenvalue weighted by Crippen LogP contribution is -2.53. The zero-order valence-electron chi connectivity index (χ0n) is 20.2. The molecule has 1 aromatic heterocycles. The monoisotopic (exact) mass is 469 g/mol. The van der Waals surface area contributed by atoms with Crippen LogP contribution in [-0.4, -0.2) is 53.2 Å². The van der Waals surface area contributed by atoms with Gasteiger partial charge in [0.2, 0.25) is 5.91 Å². The number of nitrogens with one attached hydrogen (secondary N) is 1. The van der Waals surface area contributed by atoms with E-state index in [2.05, 4.69) is 27.0 Å². The molecular weight excluding hydrogens is 438 g/mol. The summed E-state index contributed by atoms with van der Waals surface area (Å²) in [6.07, 6.45) is 6.74. The van der Waals surface area contributed by atoms with Gasteiger partial charge in [-0.25, -0.2) is 4.98 Å². The molecule has 2 aromatic carbocycles. The first kappa shape index (κ1) is 23.1. The minimum Gasteiger partial charge on any atom is -0.355 e. The summed E-state index contributed by atoms with van der Waals surface area (Å²) < 4.78 is 0. The van der Waals surface area contributed by atoms with Gasteiger partial charge in [-0.3, -0.25) is 9.78 Å². The number of aryl methyl sites for hydroxylation is 1. The van der Waals surface area contributed by atoms with E-state index in [1.165, 1.54) is 6.21 Å². The predicted octanol–water partition coefficient (Wildman–Crippen LogP) is 5.08. The third-order valence-corrected chi connectivity index (χ3v) is 7.36. The van der Waals surface area contributed by atoms with Gasteiger partial charge >= 0.3 is 0 Å². The van der Waals surface area contributed by atoms with Crippen LogP contribution in [0.1, 0.15) is 36.8 Å². The molecular formula is C27H31N7O.